The summed E-state index contributed by atoms with van der Waals surface area (Å²) < 4.78 is 6.86. The van der Waals surface area contributed by atoms with Crippen LogP contribution in [-0.4, -0.2) is 20.6 Å². The van der Waals surface area contributed by atoms with Gasteiger partial charge in [0.25, 0.3) is 0 Å². The zero-order chi connectivity index (χ0) is 14.7. The van der Waals surface area contributed by atoms with Gasteiger partial charge >= 0.3 is 5.97 Å². The standard InChI is InChI=1S/C16H14N2O3/c19-15(12-6-2-1-3-7-12)16(20)21-11-18-10-17-13-8-4-5-9-14(13)18/h1-10,15,19H,11H2/t15-/m1/s1. The van der Waals surface area contributed by atoms with Crippen LogP contribution in [-0.2, 0) is 16.3 Å². The van der Waals surface area contributed by atoms with Crippen LogP contribution in [0.15, 0.2) is 60.9 Å². The van der Waals surface area contributed by atoms with Gasteiger partial charge in [-0.1, -0.05) is 42.5 Å². The van der Waals surface area contributed by atoms with Crippen LogP contribution >= 0.6 is 0 Å². The molecule has 106 valence electrons. The molecule has 1 heterocycles. The van der Waals surface area contributed by atoms with Crippen molar-refractivity contribution in [2.75, 3.05) is 0 Å². The van der Waals surface area contributed by atoms with Crippen molar-refractivity contribution in [3.63, 3.8) is 0 Å². The zero-order valence-corrected chi connectivity index (χ0v) is 11.2. The van der Waals surface area contributed by atoms with E-state index in [0.29, 0.717) is 5.56 Å². The molecular formula is C16H14N2O3. The van der Waals surface area contributed by atoms with E-state index in [9.17, 15) is 9.90 Å². The van der Waals surface area contributed by atoms with E-state index in [2.05, 4.69) is 4.98 Å². The van der Waals surface area contributed by atoms with Gasteiger partial charge in [-0.3, -0.25) is 4.57 Å². The summed E-state index contributed by atoms with van der Waals surface area (Å²) in [6.07, 6.45) is 0.327. The molecule has 0 spiro atoms. The molecule has 1 N–H and O–H groups in total. The van der Waals surface area contributed by atoms with Gasteiger partial charge in [-0.05, 0) is 17.7 Å². The third kappa shape index (κ3) is 2.78. The first kappa shape index (κ1) is 13.3. The smallest absolute Gasteiger partial charge is 0.341 e. The molecule has 1 aromatic heterocycles. The highest BCUT2D eigenvalue weighted by Gasteiger charge is 2.18. The minimum atomic E-state index is -1.28. The Bertz CT molecular complexity index is 752. The number of ether oxygens (including phenoxy) is 1. The highest BCUT2D eigenvalue weighted by Crippen LogP contribution is 2.15. The number of hydrogen-bond acceptors (Lipinski definition) is 4. The Hall–Kier alpha value is -2.66. The van der Waals surface area contributed by atoms with Crippen LogP contribution in [0.4, 0.5) is 0 Å². The SMILES string of the molecule is O=C(OCn1cnc2ccccc21)[C@H](O)c1ccccc1. The first-order chi connectivity index (χ1) is 10.3. The molecule has 0 saturated heterocycles. The molecule has 0 aliphatic carbocycles. The summed E-state index contributed by atoms with van der Waals surface area (Å²) in [6.45, 7) is 0.0171. The molecule has 5 nitrogen and oxygen atoms in total. The Balaban J connectivity index is 1.69. The lowest BCUT2D eigenvalue weighted by Crippen LogP contribution is -2.17. The number of para-hydroxylation sites is 2. The van der Waals surface area contributed by atoms with Crippen LogP contribution < -0.4 is 0 Å². The second-order valence-corrected chi connectivity index (χ2v) is 4.61. The fourth-order valence-corrected chi connectivity index (χ4v) is 2.10. The fraction of sp³-hybridized carbons (Fsp3) is 0.125. The van der Waals surface area contributed by atoms with Crippen LogP contribution in [0.5, 0.6) is 0 Å². The van der Waals surface area contributed by atoms with Crippen molar-refractivity contribution >= 4 is 17.0 Å². The highest BCUT2D eigenvalue weighted by molar-refractivity contribution is 5.77. The lowest BCUT2D eigenvalue weighted by Gasteiger charge is -2.11. The van der Waals surface area contributed by atoms with Crippen molar-refractivity contribution in [1.82, 2.24) is 9.55 Å². The summed E-state index contributed by atoms with van der Waals surface area (Å²) in [5.41, 5.74) is 2.22. The van der Waals surface area contributed by atoms with Crippen LogP contribution in [0, 0.1) is 0 Å². The Morgan fingerprint density at radius 2 is 1.86 bits per heavy atom. The predicted molar refractivity (Wildman–Crippen MR) is 77.2 cm³/mol. The topological polar surface area (TPSA) is 64.4 Å². The molecule has 0 amide bonds. The first-order valence-corrected chi connectivity index (χ1v) is 6.55. The lowest BCUT2D eigenvalue weighted by molar-refractivity contribution is -0.157. The van der Waals surface area contributed by atoms with Crippen LogP contribution in [0.3, 0.4) is 0 Å². The maximum absolute atomic E-state index is 11.9. The van der Waals surface area contributed by atoms with Gasteiger partial charge in [-0.2, -0.15) is 0 Å². The molecule has 0 aliphatic rings. The minimum Gasteiger partial charge on any atom is -0.442 e. The number of aromatic nitrogens is 2. The Morgan fingerprint density at radius 3 is 2.67 bits per heavy atom. The second kappa shape index (κ2) is 5.76. The molecule has 0 unspecified atom stereocenters. The minimum absolute atomic E-state index is 0.0171. The average molecular weight is 282 g/mol. The van der Waals surface area contributed by atoms with Crippen molar-refractivity contribution in [3.8, 4) is 0 Å². The molecule has 0 saturated carbocycles. The van der Waals surface area contributed by atoms with E-state index in [0.717, 1.165) is 11.0 Å². The first-order valence-electron chi connectivity index (χ1n) is 6.55. The maximum Gasteiger partial charge on any atom is 0.341 e. The normalized spacial score (nSPS) is 12.2. The van der Waals surface area contributed by atoms with Crippen molar-refractivity contribution in [1.29, 1.82) is 0 Å². The third-order valence-corrected chi connectivity index (χ3v) is 3.21. The molecule has 5 heteroatoms. The lowest BCUT2D eigenvalue weighted by atomic mass is 10.1. The van der Waals surface area contributed by atoms with Crippen LogP contribution in [0.2, 0.25) is 0 Å². The summed E-state index contributed by atoms with van der Waals surface area (Å²) >= 11 is 0. The summed E-state index contributed by atoms with van der Waals surface area (Å²) in [6, 6.07) is 16.3. The van der Waals surface area contributed by atoms with Gasteiger partial charge in [-0.15, -0.1) is 0 Å². The van der Waals surface area contributed by atoms with Crippen molar-refractivity contribution in [2.24, 2.45) is 0 Å². The van der Waals surface area contributed by atoms with Crippen LogP contribution in [0.25, 0.3) is 11.0 Å². The van der Waals surface area contributed by atoms with E-state index < -0.39 is 12.1 Å². The van der Waals surface area contributed by atoms with Crippen molar-refractivity contribution in [3.05, 3.63) is 66.5 Å². The molecule has 21 heavy (non-hydrogen) atoms. The number of esters is 1. The van der Waals surface area contributed by atoms with Gasteiger partial charge < -0.3 is 9.84 Å². The van der Waals surface area contributed by atoms with E-state index in [1.807, 2.05) is 30.3 Å². The number of rotatable bonds is 4. The number of aliphatic hydroxyl groups is 1. The predicted octanol–water partition coefficient (Wildman–Crippen LogP) is 2.27. The number of carbonyl (C=O) groups is 1. The van der Waals surface area contributed by atoms with Crippen molar-refractivity contribution < 1.29 is 14.6 Å². The summed E-state index contributed by atoms with van der Waals surface area (Å²) in [5, 5.41) is 9.93. The number of aliphatic hydroxyl groups excluding tert-OH is 1. The molecule has 0 aliphatic heterocycles. The van der Waals surface area contributed by atoms with Gasteiger partial charge in [0.2, 0.25) is 0 Å². The number of hydrogen-bond donors (Lipinski definition) is 1. The van der Waals surface area contributed by atoms with E-state index in [4.69, 9.17) is 4.74 Å². The second-order valence-electron chi connectivity index (χ2n) is 4.61. The average Bonchev–Trinajstić information content (AvgIpc) is 2.96. The highest BCUT2D eigenvalue weighted by atomic mass is 16.6. The Labute approximate surface area is 121 Å². The maximum atomic E-state index is 11.9. The summed E-state index contributed by atoms with van der Waals surface area (Å²) in [7, 11) is 0. The fourth-order valence-electron chi connectivity index (χ4n) is 2.10. The molecule has 2 aromatic carbocycles. The Morgan fingerprint density at radius 1 is 1.14 bits per heavy atom. The number of carbonyl (C=O) groups excluding carboxylic acids is 1. The third-order valence-electron chi connectivity index (χ3n) is 3.21. The van der Waals surface area contributed by atoms with E-state index in [1.165, 1.54) is 0 Å². The molecule has 1 atom stereocenters. The Kier molecular flexibility index (Phi) is 3.66. The number of imidazole rings is 1. The van der Waals surface area contributed by atoms with Crippen molar-refractivity contribution in [2.45, 2.75) is 12.8 Å². The van der Waals surface area contributed by atoms with Crippen LogP contribution in [0.1, 0.15) is 11.7 Å². The molecule has 0 fully saturated rings. The largest absolute Gasteiger partial charge is 0.442 e. The number of benzene rings is 2. The number of fused-ring (bicyclic) bond motifs is 1. The van der Waals surface area contributed by atoms with Gasteiger partial charge in [0.15, 0.2) is 12.8 Å². The molecule has 0 bridgehead atoms. The van der Waals surface area contributed by atoms with E-state index in [1.54, 1.807) is 35.2 Å². The monoisotopic (exact) mass is 282 g/mol. The molecule has 3 aromatic rings. The molecular weight excluding hydrogens is 268 g/mol. The molecule has 0 radical (unpaired) electrons. The van der Waals surface area contributed by atoms with Gasteiger partial charge in [0, 0.05) is 0 Å². The van der Waals surface area contributed by atoms with Gasteiger partial charge in [-0.25, -0.2) is 9.78 Å². The van der Waals surface area contributed by atoms with Gasteiger partial charge in [0.1, 0.15) is 0 Å². The van der Waals surface area contributed by atoms with E-state index >= 15 is 0 Å². The quantitative estimate of drug-likeness (QED) is 0.746. The summed E-state index contributed by atoms with van der Waals surface area (Å²) in [5.74, 6) is -0.681. The molecule has 3 rings (SSSR count). The zero-order valence-electron chi connectivity index (χ0n) is 11.2. The number of nitrogens with zero attached hydrogens (tertiary/aromatic N) is 2. The van der Waals surface area contributed by atoms with Gasteiger partial charge in [0.05, 0.1) is 17.4 Å². The summed E-state index contributed by atoms with van der Waals surface area (Å²) in [4.78, 5) is 16.1. The van der Waals surface area contributed by atoms with E-state index in [-0.39, 0.29) is 6.73 Å².